The van der Waals surface area contributed by atoms with Crippen molar-refractivity contribution in [1.82, 2.24) is 19.5 Å². The minimum absolute atomic E-state index is 0.377. The number of rotatable bonds is 4. The third-order valence-corrected chi connectivity index (χ3v) is 3.38. The number of nitrogens with one attached hydrogen (secondary N) is 2. The van der Waals surface area contributed by atoms with Crippen molar-refractivity contribution in [3.63, 3.8) is 0 Å². The predicted molar refractivity (Wildman–Crippen MR) is 104 cm³/mol. The van der Waals surface area contributed by atoms with Gasteiger partial charge in [0.05, 0.1) is 19.1 Å². The molecule has 138 valence electrons. The lowest BCUT2D eigenvalue weighted by Crippen LogP contribution is -2.27. The summed E-state index contributed by atoms with van der Waals surface area (Å²) in [5.41, 5.74) is 2.05. The van der Waals surface area contributed by atoms with Crippen LogP contribution in [0.5, 0.6) is 0 Å². The fourth-order valence-electron chi connectivity index (χ4n) is 2.36. The molecule has 3 aromatic rings. The molecule has 2 N–H and O–H groups in total. The second-order valence-electron chi connectivity index (χ2n) is 6.81. The fourth-order valence-corrected chi connectivity index (χ4v) is 2.36. The average molecular weight is 364 g/mol. The number of hydrogen-bond donors (Lipinski definition) is 2. The molecular formula is C19H20N6O2. The number of amides is 1. The summed E-state index contributed by atoms with van der Waals surface area (Å²) in [5, 5.41) is 5.81. The van der Waals surface area contributed by atoms with E-state index in [4.69, 9.17) is 11.2 Å². The molecule has 0 fully saturated rings. The van der Waals surface area contributed by atoms with Gasteiger partial charge in [0.2, 0.25) is 5.95 Å². The second-order valence-corrected chi connectivity index (χ2v) is 6.81. The zero-order chi connectivity index (χ0) is 19.4. The van der Waals surface area contributed by atoms with Crippen molar-refractivity contribution in [2.45, 2.75) is 32.9 Å². The zero-order valence-corrected chi connectivity index (χ0v) is 15.4. The number of imidazole rings is 1. The van der Waals surface area contributed by atoms with Gasteiger partial charge in [0, 0.05) is 11.4 Å². The molecule has 0 aliphatic rings. The van der Waals surface area contributed by atoms with E-state index in [2.05, 4.69) is 31.5 Å². The van der Waals surface area contributed by atoms with Gasteiger partial charge in [-0.15, -0.1) is 6.42 Å². The first-order valence-corrected chi connectivity index (χ1v) is 8.32. The predicted octanol–water partition coefficient (Wildman–Crippen LogP) is 3.55. The molecule has 0 aliphatic carbocycles. The van der Waals surface area contributed by atoms with Gasteiger partial charge in [-0.2, -0.15) is 4.98 Å². The minimum atomic E-state index is -0.565. The monoisotopic (exact) mass is 364 g/mol. The van der Waals surface area contributed by atoms with E-state index in [1.165, 1.54) is 0 Å². The largest absolute Gasteiger partial charge is 0.444 e. The van der Waals surface area contributed by atoms with Crippen molar-refractivity contribution >= 4 is 34.6 Å². The number of terminal acetylenes is 1. The van der Waals surface area contributed by atoms with E-state index in [9.17, 15) is 4.79 Å². The number of ether oxygens (including phenoxy) is 1. The summed E-state index contributed by atoms with van der Waals surface area (Å²) >= 11 is 0. The molecule has 1 aromatic carbocycles. The van der Waals surface area contributed by atoms with E-state index in [0.717, 1.165) is 0 Å². The van der Waals surface area contributed by atoms with Gasteiger partial charge >= 0.3 is 6.09 Å². The van der Waals surface area contributed by atoms with E-state index in [-0.39, 0.29) is 0 Å². The van der Waals surface area contributed by atoms with Crippen LogP contribution in [0.1, 0.15) is 20.8 Å². The Hall–Kier alpha value is -3.60. The van der Waals surface area contributed by atoms with Crippen LogP contribution in [-0.2, 0) is 11.3 Å². The average Bonchev–Trinajstić information content (AvgIpc) is 2.96. The molecule has 1 amide bonds. The quantitative estimate of drug-likeness (QED) is 0.688. The molecule has 0 radical (unpaired) electrons. The van der Waals surface area contributed by atoms with Gasteiger partial charge in [-0.1, -0.05) is 12.0 Å². The van der Waals surface area contributed by atoms with Gasteiger partial charge < -0.3 is 14.6 Å². The number of fused-ring (bicyclic) bond motifs is 1. The first-order chi connectivity index (χ1) is 12.8. The van der Waals surface area contributed by atoms with E-state index >= 15 is 0 Å². The SMILES string of the molecule is C#CCn1cnc2cnc(Nc3cccc(NC(=O)OC(C)(C)C)c3)nc21. The summed E-state index contributed by atoms with van der Waals surface area (Å²) in [6.07, 6.45) is 8.11. The summed E-state index contributed by atoms with van der Waals surface area (Å²) < 4.78 is 7.02. The molecule has 8 nitrogen and oxygen atoms in total. The van der Waals surface area contributed by atoms with Crippen LogP contribution in [0.3, 0.4) is 0 Å². The van der Waals surface area contributed by atoms with Crippen molar-refractivity contribution < 1.29 is 9.53 Å². The summed E-state index contributed by atoms with van der Waals surface area (Å²) in [6, 6.07) is 7.17. The number of anilines is 3. The lowest BCUT2D eigenvalue weighted by Gasteiger charge is -2.19. The zero-order valence-electron chi connectivity index (χ0n) is 15.4. The van der Waals surface area contributed by atoms with Crippen LogP contribution >= 0.6 is 0 Å². The molecule has 2 aromatic heterocycles. The molecule has 0 saturated carbocycles. The maximum atomic E-state index is 11.9. The van der Waals surface area contributed by atoms with Crippen LogP contribution in [0.2, 0.25) is 0 Å². The molecule has 0 unspecified atom stereocenters. The number of aromatic nitrogens is 4. The van der Waals surface area contributed by atoms with E-state index in [1.54, 1.807) is 35.3 Å². The van der Waals surface area contributed by atoms with Crippen LogP contribution in [-0.4, -0.2) is 31.2 Å². The molecular weight excluding hydrogens is 344 g/mol. The van der Waals surface area contributed by atoms with Crippen molar-refractivity contribution in [3.05, 3.63) is 36.8 Å². The Morgan fingerprint density at radius 1 is 1.30 bits per heavy atom. The van der Waals surface area contributed by atoms with Crippen LogP contribution < -0.4 is 10.6 Å². The van der Waals surface area contributed by atoms with Crippen molar-refractivity contribution in [2.75, 3.05) is 10.6 Å². The Morgan fingerprint density at radius 2 is 2.07 bits per heavy atom. The molecule has 0 atom stereocenters. The second kappa shape index (κ2) is 7.33. The number of carbonyl (C=O) groups is 1. The molecule has 0 saturated heterocycles. The molecule has 8 heteroatoms. The van der Waals surface area contributed by atoms with E-state index in [1.807, 2.05) is 26.8 Å². The van der Waals surface area contributed by atoms with Crippen LogP contribution in [0.25, 0.3) is 11.2 Å². The van der Waals surface area contributed by atoms with E-state index in [0.29, 0.717) is 35.0 Å². The molecule has 27 heavy (non-hydrogen) atoms. The van der Waals surface area contributed by atoms with Gasteiger partial charge in [0.15, 0.2) is 5.65 Å². The van der Waals surface area contributed by atoms with Gasteiger partial charge in [-0.3, -0.25) is 5.32 Å². The van der Waals surface area contributed by atoms with Crippen LogP contribution in [0, 0.1) is 12.3 Å². The maximum absolute atomic E-state index is 11.9. The van der Waals surface area contributed by atoms with Crippen molar-refractivity contribution in [2.24, 2.45) is 0 Å². The first kappa shape index (κ1) is 18.2. The minimum Gasteiger partial charge on any atom is -0.444 e. The fraction of sp³-hybridized carbons (Fsp3) is 0.263. The Labute approximate surface area is 157 Å². The third kappa shape index (κ3) is 4.73. The summed E-state index contributed by atoms with van der Waals surface area (Å²) in [4.78, 5) is 24.8. The lowest BCUT2D eigenvalue weighted by molar-refractivity contribution is 0.0636. The Bertz CT molecular complexity index is 1010. The Balaban J connectivity index is 1.76. The number of hydrogen-bond acceptors (Lipinski definition) is 6. The lowest BCUT2D eigenvalue weighted by atomic mass is 10.2. The van der Waals surface area contributed by atoms with Gasteiger partial charge in [-0.25, -0.2) is 14.8 Å². The number of carbonyl (C=O) groups excluding carboxylic acids is 1. The van der Waals surface area contributed by atoms with E-state index < -0.39 is 11.7 Å². The highest BCUT2D eigenvalue weighted by atomic mass is 16.6. The molecule has 2 heterocycles. The summed E-state index contributed by atoms with van der Waals surface area (Å²) in [7, 11) is 0. The van der Waals surface area contributed by atoms with Crippen molar-refractivity contribution in [3.8, 4) is 12.3 Å². The third-order valence-electron chi connectivity index (χ3n) is 3.38. The summed E-state index contributed by atoms with van der Waals surface area (Å²) in [5.74, 6) is 2.96. The summed E-state index contributed by atoms with van der Waals surface area (Å²) in [6.45, 7) is 5.80. The first-order valence-electron chi connectivity index (χ1n) is 8.32. The smallest absolute Gasteiger partial charge is 0.412 e. The Kier molecular flexibility index (Phi) is 4.94. The number of nitrogens with zero attached hydrogens (tertiary/aromatic N) is 4. The topological polar surface area (TPSA) is 94.0 Å². The number of benzene rings is 1. The van der Waals surface area contributed by atoms with Gasteiger partial charge in [0.1, 0.15) is 11.1 Å². The Morgan fingerprint density at radius 3 is 2.81 bits per heavy atom. The van der Waals surface area contributed by atoms with Crippen molar-refractivity contribution in [1.29, 1.82) is 0 Å². The molecule has 0 aliphatic heterocycles. The molecule has 3 rings (SSSR count). The molecule has 0 spiro atoms. The maximum Gasteiger partial charge on any atom is 0.412 e. The highest BCUT2D eigenvalue weighted by Gasteiger charge is 2.16. The normalized spacial score (nSPS) is 11.0. The molecule has 0 bridgehead atoms. The highest BCUT2D eigenvalue weighted by Crippen LogP contribution is 2.20. The van der Waals surface area contributed by atoms with Gasteiger partial charge in [-0.05, 0) is 39.0 Å². The highest BCUT2D eigenvalue weighted by molar-refractivity contribution is 5.85. The van der Waals surface area contributed by atoms with Crippen LogP contribution in [0.4, 0.5) is 22.1 Å². The standard InChI is InChI=1S/C19H20N6O2/c1-5-9-25-12-21-15-11-20-17(24-16(15)25)22-13-7-6-8-14(10-13)23-18(26)27-19(2,3)4/h1,6-8,10-12H,9H2,2-4H3,(H,23,26)(H,20,22,24). The van der Waals surface area contributed by atoms with Crippen LogP contribution in [0.15, 0.2) is 36.8 Å². The van der Waals surface area contributed by atoms with Gasteiger partial charge in [0.25, 0.3) is 0 Å².